The third-order valence-corrected chi connectivity index (χ3v) is 2.43. The van der Waals surface area contributed by atoms with E-state index >= 15 is 0 Å². The van der Waals surface area contributed by atoms with E-state index in [-0.39, 0.29) is 24.5 Å². The van der Waals surface area contributed by atoms with E-state index in [9.17, 15) is 24.8 Å². The van der Waals surface area contributed by atoms with Gasteiger partial charge in [0.1, 0.15) is 17.9 Å². The number of phenols is 1. The molecule has 0 aliphatic rings. The summed E-state index contributed by atoms with van der Waals surface area (Å²) >= 11 is 0. The molecule has 1 rings (SSSR count). The molecule has 1 aromatic rings. The number of phenolic OH excluding ortho intramolecular Hbond substituents is 1. The van der Waals surface area contributed by atoms with Gasteiger partial charge in [-0.15, -0.1) is 0 Å². The van der Waals surface area contributed by atoms with Crippen molar-refractivity contribution in [3.05, 3.63) is 33.9 Å². The number of benzene rings is 1. The molecule has 0 unspecified atom stereocenters. The molecule has 0 aromatic heterocycles. The van der Waals surface area contributed by atoms with Crippen molar-refractivity contribution in [1.29, 1.82) is 0 Å². The lowest BCUT2D eigenvalue weighted by molar-refractivity contribution is -0.385. The van der Waals surface area contributed by atoms with Crippen molar-refractivity contribution in [3.63, 3.8) is 0 Å². The maximum Gasteiger partial charge on any atom is 0.325 e. The topological polar surface area (TPSA) is 110 Å². The second-order valence-corrected chi connectivity index (χ2v) is 3.92. The second kappa shape index (κ2) is 6.50. The van der Waals surface area contributed by atoms with Gasteiger partial charge in [0, 0.05) is 13.1 Å². The van der Waals surface area contributed by atoms with Crippen LogP contribution in [-0.2, 0) is 9.53 Å². The van der Waals surface area contributed by atoms with Crippen LogP contribution in [0, 0.1) is 10.1 Å². The number of amides is 1. The van der Waals surface area contributed by atoms with Crippen molar-refractivity contribution in [3.8, 4) is 5.75 Å². The van der Waals surface area contributed by atoms with Crippen molar-refractivity contribution in [1.82, 2.24) is 4.90 Å². The quantitative estimate of drug-likeness (QED) is 0.489. The average Bonchev–Trinajstić information content (AvgIpc) is 2.37. The van der Waals surface area contributed by atoms with Gasteiger partial charge in [0.15, 0.2) is 0 Å². The number of carbonyl (C=O) groups excluding carboxylic acids is 2. The highest BCUT2D eigenvalue weighted by atomic mass is 16.6. The fraction of sp³-hybridized carbons (Fsp3) is 0.333. The molecule has 0 aliphatic heterocycles. The summed E-state index contributed by atoms with van der Waals surface area (Å²) in [5.74, 6) is -1.64. The number of carbonyl (C=O) groups is 2. The molecular weight excluding hydrogens is 268 g/mol. The number of esters is 1. The van der Waals surface area contributed by atoms with Crippen LogP contribution in [0.5, 0.6) is 5.75 Å². The fourth-order valence-corrected chi connectivity index (χ4v) is 1.53. The first-order chi connectivity index (χ1) is 9.36. The van der Waals surface area contributed by atoms with Crippen LogP contribution in [0.1, 0.15) is 17.3 Å². The Bertz CT molecular complexity index is 543. The predicted octanol–water partition coefficient (Wildman–Crippen LogP) is 0.935. The highest BCUT2D eigenvalue weighted by Crippen LogP contribution is 2.24. The molecule has 0 aliphatic carbocycles. The van der Waals surface area contributed by atoms with Gasteiger partial charge in [-0.2, -0.15) is 0 Å². The van der Waals surface area contributed by atoms with Crippen LogP contribution in [0.25, 0.3) is 0 Å². The monoisotopic (exact) mass is 282 g/mol. The average molecular weight is 282 g/mol. The maximum absolute atomic E-state index is 12.1. The number of aromatic hydroxyl groups is 1. The Hall–Kier alpha value is -2.64. The zero-order valence-electron chi connectivity index (χ0n) is 11.0. The van der Waals surface area contributed by atoms with E-state index in [2.05, 4.69) is 4.74 Å². The SMILES string of the molecule is CCOC(=O)CN(C)C(=O)c1cc(O)ccc1[N+](=O)[O-]. The molecule has 0 fully saturated rings. The van der Waals surface area contributed by atoms with Crippen LogP contribution < -0.4 is 0 Å². The summed E-state index contributed by atoms with van der Waals surface area (Å²) in [4.78, 5) is 34.4. The molecule has 8 heteroatoms. The molecule has 0 saturated heterocycles. The summed E-state index contributed by atoms with van der Waals surface area (Å²) in [6, 6.07) is 3.13. The molecular formula is C12H14N2O6. The number of rotatable bonds is 5. The van der Waals surface area contributed by atoms with Crippen molar-refractivity contribution >= 4 is 17.6 Å². The molecule has 20 heavy (non-hydrogen) atoms. The van der Waals surface area contributed by atoms with E-state index in [0.29, 0.717) is 0 Å². The standard InChI is InChI=1S/C12H14N2O6/c1-3-20-11(16)7-13(2)12(17)9-6-8(15)4-5-10(9)14(18)19/h4-6,15H,3,7H2,1-2H3. The second-order valence-electron chi connectivity index (χ2n) is 3.92. The van der Waals surface area contributed by atoms with Gasteiger partial charge >= 0.3 is 5.97 Å². The highest BCUT2D eigenvalue weighted by Gasteiger charge is 2.24. The summed E-state index contributed by atoms with van der Waals surface area (Å²) in [5, 5.41) is 20.2. The summed E-state index contributed by atoms with van der Waals surface area (Å²) in [5.41, 5.74) is -0.731. The normalized spacial score (nSPS) is 9.90. The summed E-state index contributed by atoms with van der Waals surface area (Å²) in [6.07, 6.45) is 0. The number of nitro benzene ring substituents is 1. The molecule has 108 valence electrons. The lowest BCUT2D eigenvalue weighted by atomic mass is 10.1. The van der Waals surface area contributed by atoms with Crippen molar-refractivity contribution in [2.45, 2.75) is 6.92 Å². The number of hydrogen-bond acceptors (Lipinski definition) is 6. The lowest BCUT2D eigenvalue weighted by Crippen LogP contribution is -2.33. The van der Waals surface area contributed by atoms with E-state index in [1.165, 1.54) is 7.05 Å². The molecule has 0 radical (unpaired) electrons. The minimum absolute atomic E-state index is 0.174. The van der Waals surface area contributed by atoms with Crippen LogP contribution in [0.15, 0.2) is 18.2 Å². The van der Waals surface area contributed by atoms with Crippen molar-refractivity contribution in [2.24, 2.45) is 0 Å². The number of nitrogens with zero attached hydrogens (tertiary/aromatic N) is 2. The van der Waals surface area contributed by atoms with E-state index in [1.54, 1.807) is 6.92 Å². The number of ether oxygens (including phenoxy) is 1. The van der Waals surface area contributed by atoms with Gasteiger partial charge in [-0.3, -0.25) is 19.7 Å². The first-order valence-electron chi connectivity index (χ1n) is 5.75. The molecule has 0 heterocycles. The first-order valence-corrected chi connectivity index (χ1v) is 5.75. The van der Waals surface area contributed by atoms with Crippen LogP contribution >= 0.6 is 0 Å². The van der Waals surface area contributed by atoms with E-state index in [0.717, 1.165) is 23.1 Å². The Kier molecular flexibility index (Phi) is 5.01. The van der Waals surface area contributed by atoms with Gasteiger partial charge in [0.05, 0.1) is 11.5 Å². The van der Waals surface area contributed by atoms with Gasteiger partial charge in [-0.1, -0.05) is 0 Å². The molecule has 0 spiro atoms. The zero-order chi connectivity index (χ0) is 15.3. The largest absolute Gasteiger partial charge is 0.508 e. The minimum Gasteiger partial charge on any atom is -0.508 e. The molecule has 1 amide bonds. The van der Waals surface area contributed by atoms with Gasteiger partial charge in [-0.25, -0.2) is 0 Å². The third-order valence-electron chi connectivity index (χ3n) is 2.43. The van der Waals surface area contributed by atoms with Gasteiger partial charge in [0.2, 0.25) is 0 Å². The smallest absolute Gasteiger partial charge is 0.325 e. The Morgan fingerprint density at radius 2 is 2.10 bits per heavy atom. The molecule has 8 nitrogen and oxygen atoms in total. The molecule has 0 saturated carbocycles. The summed E-state index contributed by atoms with van der Waals surface area (Å²) < 4.78 is 4.68. The predicted molar refractivity (Wildman–Crippen MR) is 68.4 cm³/mol. The van der Waals surface area contributed by atoms with Gasteiger partial charge in [0.25, 0.3) is 11.6 Å². The van der Waals surface area contributed by atoms with E-state index in [4.69, 9.17) is 0 Å². The fourth-order valence-electron chi connectivity index (χ4n) is 1.53. The van der Waals surface area contributed by atoms with E-state index < -0.39 is 22.5 Å². The first kappa shape index (κ1) is 15.4. The Balaban J connectivity index is 2.99. The molecule has 0 atom stereocenters. The van der Waals surface area contributed by atoms with Crippen LogP contribution in [-0.4, -0.2) is 47.0 Å². The van der Waals surface area contributed by atoms with Crippen LogP contribution in [0.4, 0.5) is 5.69 Å². The maximum atomic E-state index is 12.1. The number of hydrogen-bond donors (Lipinski definition) is 1. The Morgan fingerprint density at radius 1 is 1.45 bits per heavy atom. The van der Waals surface area contributed by atoms with Gasteiger partial charge < -0.3 is 14.7 Å². The zero-order valence-corrected chi connectivity index (χ0v) is 11.0. The summed E-state index contributed by atoms with van der Waals surface area (Å²) in [7, 11) is 1.31. The van der Waals surface area contributed by atoms with E-state index in [1.807, 2.05) is 0 Å². The number of nitro groups is 1. The molecule has 0 bridgehead atoms. The van der Waals surface area contributed by atoms with Crippen LogP contribution in [0.3, 0.4) is 0 Å². The Morgan fingerprint density at radius 3 is 2.65 bits per heavy atom. The van der Waals surface area contributed by atoms with Crippen molar-refractivity contribution < 1.29 is 24.4 Å². The molecule has 1 aromatic carbocycles. The lowest BCUT2D eigenvalue weighted by Gasteiger charge is -2.16. The number of likely N-dealkylation sites (N-methyl/N-ethyl adjacent to an activating group) is 1. The summed E-state index contributed by atoms with van der Waals surface area (Å²) in [6.45, 7) is 1.46. The van der Waals surface area contributed by atoms with Crippen LogP contribution in [0.2, 0.25) is 0 Å². The third kappa shape index (κ3) is 3.67. The Labute approximate surface area is 114 Å². The van der Waals surface area contributed by atoms with Crippen molar-refractivity contribution in [2.75, 3.05) is 20.2 Å². The minimum atomic E-state index is -0.749. The highest BCUT2D eigenvalue weighted by molar-refractivity contribution is 5.99. The molecule has 1 N–H and O–H groups in total. The van der Waals surface area contributed by atoms with Gasteiger partial charge in [-0.05, 0) is 19.1 Å².